The van der Waals surface area contributed by atoms with Gasteiger partial charge < -0.3 is 19.9 Å². The number of likely N-dealkylation sites (tertiary alicyclic amines) is 2. The highest BCUT2D eigenvalue weighted by molar-refractivity contribution is 5.95. The molecular formula is C19H23N3O5. The first-order valence-corrected chi connectivity index (χ1v) is 8.79. The van der Waals surface area contributed by atoms with Crippen LogP contribution in [0.2, 0.25) is 0 Å². The van der Waals surface area contributed by atoms with Crippen molar-refractivity contribution in [2.24, 2.45) is 5.41 Å². The molecule has 2 aliphatic heterocycles. The van der Waals surface area contributed by atoms with Crippen LogP contribution in [-0.2, 0) is 25.5 Å². The normalized spacial score (nSPS) is 18.1. The van der Waals surface area contributed by atoms with Crippen LogP contribution >= 0.6 is 0 Å². The molecule has 0 radical (unpaired) electrons. The van der Waals surface area contributed by atoms with E-state index < -0.39 is 12.0 Å². The van der Waals surface area contributed by atoms with Gasteiger partial charge in [-0.25, -0.2) is 4.79 Å². The number of amides is 3. The van der Waals surface area contributed by atoms with Crippen molar-refractivity contribution >= 4 is 24.2 Å². The third kappa shape index (κ3) is 3.79. The van der Waals surface area contributed by atoms with Crippen LogP contribution in [0.25, 0.3) is 0 Å². The van der Waals surface area contributed by atoms with Crippen LogP contribution in [0.5, 0.6) is 0 Å². The van der Waals surface area contributed by atoms with Gasteiger partial charge in [-0.05, 0) is 17.7 Å². The quantitative estimate of drug-likeness (QED) is 0.551. The van der Waals surface area contributed by atoms with Gasteiger partial charge in [0, 0.05) is 50.5 Å². The number of methoxy groups -OCH3 is 1. The van der Waals surface area contributed by atoms with Crippen molar-refractivity contribution in [2.45, 2.75) is 19.4 Å². The van der Waals surface area contributed by atoms with Crippen LogP contribution in [0.1, 0.15) is 22.8 Å². The number of rotatable bonds is 6. The fraction of sp³-hybridized carbons (Fsp3) is 0.474. The first-order chi connectivity index (χ1) is 12.9. The number of ether oxygens (including phenoxy) is 1. The predicted octanol–water partition coefficient (Wildman–Crippen LogP) is -0.179. The van der Waals surface area contributed by atoms with E-state index in [2.05, 4.69) is 10.1 Å². The molecule has 0 aromatic heterocycles. The van der Waals surface area contributed by atoms with E-state index in [0.717, 1.165) is 18.7 Å². The van der Waals surface area contributed by atoms with E-state index in [1.54, 1.807) is 41.0 Å². The van der Waals surface area contributed by atoms with Crippen molar-refractivity contribution in [1.82, 2.24) is 15.1 Å². The Morgan fingerprint density at radius 3 is 2.26 bits per heavy atom. The van der Waals surface area contributed by atoms with E-state index in [4.69, 9.17) is 0 Å². The largest absolute Gasteiger partial charge is 0.467 e. The van der Waals surface area contributed by atoms with Crippen molar-refractivity contribution in [3.05, 3.63) is 35.4 Å². The number of hydrogen-bond donors (Lipinski definition) is 1. The Kier molecular flexibility index (Phi) is 5.16. The third-order valence-corrected chi connectivity index (χ3v) is 5.23. The lowest BCUT2D eigenvalue weighted by atomic mass is 9.72. The monoisotopic (exact) mass is 373 g/mol. The van der Waals surface area contributed by atoms with Gasteiger partial charge >= 0.3 is 5.97 Å². The lowest BCUT2D eigenvalue weighted by molar-refractivity contribution is -0.152. The van der Waals surface area contributed by atoms with E-state index in [0.29, 0.717) is 25.1 Å². The van der Waals surface area contributed by atoms with Gasteiger partial charge in [0.15, 0.2) is 0 Å². The zero-order valence-corrected chi connectivity index (χ0v) is 15.4. The predicted molar refractivity (Wildman–Crippen MR) is 95.7 cm³/mol. The minimum Gasteiger partial charge on any atom is -0.467 e. The Hall–Kier alpha value is -2.90. The van der Waals surface area contributed by atoms with E-state index in [9.17, 15) is 19.2 Å². The van der Waals surface area contributed by atoms with Crippen molar-refractivity contribution in [3.8, 4) is 0 Å². The molecule has 1 unspecified atom stereocenters. The molecule has 0 saturated carbocycles. The fourth-order valence-electron chi connectivity index (χ4n) is 3.73. The van der Waals surface area contributed by atoms with Gasteiger partial charge in [-0.15, -0.1) is 0 Å². The Morgan fingerprint density at radius 1 is 1.15 bits per heavy atom. The van der Waals surface area contributed by atoms with E-state index in [1.807, 2.05) is 0 Å². The maximum Gasteiger partial charge on any atom is 0.328 e. The average molecular weight is 373 g/mol. The highest BCUT2D eigenvalue weighted by atomic mass is 16.5. The molecule has 2 fully saturated rings. The van der Waals surface area contributed by atoms with Crippen molar-refractivity contribution in [3.63, 3.8) is 0 Å². The summed E-state index contributed by atoms with van der Waals surface area (Å²) >= 11 is 0. The molecule has 3 rings (SSSR count). The molecule has 3 amide bonds. The Morgan fingerprint density at radius 2 is 1.74 bits per heavy atom. The summed E-state index contributed by atoms with van der Waals surface area (Å²) in [5.41, 5.74) is 1.47. The van der Waals surface area contributed by atoms with Crippen LogP contribution in [0.4, 0.5) is 0 Å². The van der Waals surface area contributed by atoms with Crippen LogP contribution in [0.3, 0.4) is 0 Å². The molecular weight excluding hydrogens is 350 g/mol. The number of nitrogens with one attached hydrogen (secondary N) is 1. The number of hydrogen-bond acceptors (Lipinski definition) is 5. The topological polar surface area (TPSA) is 96.0 Å². The Bertz CT molecular complexity index is 747. The van der Waals surface area contributed by atoms with Gasteiger partial charge in [0.05, 0.1) is 7.11 Å². The van der Waals surface area contributed by atoms with Gasteiger partial charge in [0.2, 0.25) is 12.3 Å². The smallest absolute Gasteiger partial charge is 0.328 e. The molecule has 27 heavy (non-hydrogen) atoms. The van der Waals surface area contributed by atoms with Gasteiger partial charge in [-0.1, -0.05) is 12.1 Å². The molecule has 1 aromatic carbocycles. The first-order valence-electron chi connectivity index (χ1n) is 8.79. The van der Waals surface area contributed by atoms with Crippen molar-refractivity contribution in [1.29, 1.82) is 0 Å². The Balaban J connectivity index is 1.55. The summed E-state index contributed by atoms with van der Waals surface area (Å²) in [6.45, 7) is 4.36. The maximum absolute atomic E-state index is 12.6. The summed E-state index contributed by atoms with van der Waals surface area (Å²) in [5, 5.41) is 2.43. The summed E-state index contributed by atoms with van der Waals surface area (Å²) in [4.78, 5) is 49.7. The molecule has 8 nitrogen and oxygen atoms in total. The highest BCUT2D eigenvalue weighted by Crippen LogP contribution is 2.40. The van der Waals surface area contributed by atoms with E-state index in [1.165, 1.54) is 7.11 Å². The standard InChI is InChI=1S/C19H23N3O5/c1-13(24)21-8-19(9-21)10-22(11-19)17(25)15-5-3-14(4-6-15)7-16(20-12-23)18(26)27-2/h3-6,12,16H,7-11H2,1-2H3,(H,20,23). The van der Waals surface area contributed by atoms with Gasteiger partial charge in [-0.3, -0.25) is 14.4 Å². The van der Waals surface area contributed by atoms with Gasteiger partial charge in [0.25, 0.3) is 5.91 Å². The van der Waals surface area contributed by atoms with E-state index >= 15 is 0 Å². The number of carbonyl (C=O) groups is 4. The lowest BCUT2D eigenvalue weighted by Crippen LogP contribution is -2.73. The average Bonchev–Trinajstić information content (AvgIpc) is 2.58. The van der Waals surface area contributed by atoms with Crippen LogP contribution in [0, 0.1) is 5.41 Å². The number of nitrogens with zero attached hydrogens (tertiary/aromatic N) is 2. The molecule has 1 aromatic rings. The third-order valence-electron chi connectivity index (χ3n) is 5.23. The zero-order valence-electron chi connectivity index (χ0n) is 15.4. The number of carbonyl (C=O) groups excluding carboxylic acids is 4. The first kappa shape index (κ1) is 18.9. The second-order valence-electron chi connectivity index (χ2n) is 7.30. The van der Waals surface area contributed by atoms with Gasteiger partial charge in [0.1, 0.15) is 6.04 Å². The molecule has 8 heteroatoms. The van der Waals surface area contributed by atoms with Gasteiger partial charge in [-0.2, -0.15) is 0 Å². The van der Waals surface area contributed by atoms with E-state index in [-0.39, 0.29) is 23.7 Å². The molecule has 1 spiro atoms. The molecule has 0 aliphatic carbocycles. The maximum atomic E-state index is 12.6. The van der Waals surface area contributed by atoms with Crippen LogP contribution < -0.4 is 5.32 Å². The summed E-state index contributed by atoms with van der Waals surface area (Å²) in [6, 6.07) is 6.23. The molecule has 2 saturated heterocycles. The fourth-order valence-corrected chi connectivity index (χ4v) is 3.73. The molecule has 1 atom stereocenters. The summed E-state index contributed by atoms with van der Waals surface area (Å²) in [7, 11) is 1.27. The summed E-state index contributed by atoms with van der Waals surface area (Å²) < 4.78 is 4.66. The number of esters is 1. The molecule has 1 N–H and O–H groups in total. The number of benzene rings is 1. The second-order valence-corrected chi connectivity index (χ2v) is 7.30. The summed E-state index contributed by atoms with van der Waals surface area (Å²) in [5.74, 6) is -0.479. The lowest BCUT2D eigenvalue weighted by Gasteiger charge is -2.60. The Labute approximate surface area is 157 Å². The zero-order chi connectivity index (χ0) is 19.6. The van der Waals surface area contributed by atoms with Crippen molar-refractivity contribution < 1.29 is 23.9 Å². The molecule has 0 bridgehead atoms. The van der Waals surface area contributed by atoms with Crippen molar-refractivity contribution in [2.75, 3.05) is 33.3 Å². The molecule has 2 heterocycles. The minimum atomic E-state index is -0.757. The summed E-state index contributed by atoms with van der Waals surface area (Å²) in [6.07, 6.45) is 0.750. The SMILES string of the molecule is COC(=O)C(Cc1ccc(C(=O)N2CC3(CN(C(C)=O)C3)C2)cc1)NC=O. The van der Waals surface area contributed by atoms with Crippen LogP contribution in [-0.4, -0.2) is 73.3 Å². The molecule has 2 aliphatic rings. The minimum absolute atomic E-state index is 0.0380. The second kappa shape index (κ2) is 7.38. The van der Waals surface area contributed by atoms with Crippen LogP contribution in [0.15, 0.2) is 24.3 Å². The highest BCUT2D eigenvalue weighted by Gasteiger charge is 2.53. The molecule has 144 valence electrons.